The van der Waals surface area contributed by atoms with Gasteiger partial charge in [0.15, 0.2) is 0 Å². The summed E-state index contributed by atoms with van der Waals surface area (Å²) in [5, 5.41) is 0. The Bertz CT molecular complexity index is 752. The maximum absolute atomic E-state index is 13.6. The SMILES string of the molecule is Cc1ccccc1C1=NC(C(F)(F)F)(C(F)(F)F)N=C(N2CCOCC2)O1. The summed E-state index contributed by atoms with van der Waals surface area (Å²) in [5.74, 6) is -0.778. The fourth-order valence-corrected chi connectivity index (χ4v) is 2.67. The van der Waals surface area contributed by atoms with Crippen molar-refractivity contribution in [2.24, 2.45) is 9.98 Å². The summed E-state index contributed by atoms with van der Waals surface area (Å²) in [4.78, 5) is 7.03. The molecule has 11 heteroatoms. The Balaban J connectivity index is 2.18. The van der Waals surface area contributed by atoms with Crippen molar-refractivity contribution in [2.45, 2.75) is 24.9 Å². The van der Waals surface area contributed by atoms with E-state index in [9.17, 15) is 26.3 Å². The number of hydrogen-bond acceptors (Lipinski definition) is 5. The van der Waals surface area contributed by atoms with E-state index in [0.29, 0.717) is 5.56 Å². The van der Waals surface area contributed by atoms with Crippen molar-refractivity contribution in [3.05, 3.63) is 35.4 Å². The number of rotatable bonds is 1. The van der Waals surface area contributed by atoms with Crippen molar-refractivity contribution in [1.29, 1.82) is 0 Å². The second kappa shape index (κ2) is 6.70. The number of nitrogens with zero attached hydrogens (tertiary/aromatic N) is 3. The van der Waals surface area contributed by atoms with E-state index in [2.05, 4.69) is 9.98 Å². The number of ether oxygens (including phenoxy) is 2. The van der Waals surface area contributed by atoms with Gasteiger partial charge >= 0.3 is 18.0 Å². The highest BCUT2D eigenvalue weighted by atomic mass is 19.4. The molecular weight excluding hydrogens is 380 g/mol. The first kappa shape index (κ1) is 19.5. The molecule has 2 aliphatic rings. The Morgan fingerprint density at radius 2 is 1.56 bits per heavy atom. The Labute approximate surface area is 150 Å². The molecule has 1 saturated heterocycles. The van der Waals surface area contributed by atoms with Gasteiger partial charge in [0.25, 0.3) is 6.02 Å². The monoisotopic (exact) mass is 395 g/mol. The smallest absolute Gasteiger partial charge is 0.406 e. The Hall–Kier alpha value is -2.30. The molecule has 0 N–H and O–H groups in total. The van der Waals surface area contributed by atoms with Crippen LogP contribution >= 0.6 is 0 Å². The molecular formula is C16H15F6N3O2. The van der Waals surface area contributed by atoms with Crippen LogP contribution in [0, 0.1) is 6.92 Å². The van der Waals surface area contributed by atoms with Crippen molar-refractivity contribution in [3.63, 3.8) is 0 Å². The van der Waals surface area contributed by atoms with Crippen LogP contribution in [0.4, 0.5) is 26.3 Å². The van der Waals surface area contributed by atoms with Gasteiger partial charge in [-0.05, 0) is 18.6 Å². The number of amidine groups is 1. The van der Waals surface area contributed by atoms with Crippen LogP contribution in [-0.2, 0) is 9.47 Å². The first-order valence-electron chi connectivity index (χ1n) is 7.95. The third kappa shape index (κ3) is 3.47. The molecule has 0 saturated carbocycles. The van der Waals surface area contributed by atoms with Gasteiger partial charge in [0.05, 0.1) is 13.2 Å². The lowest BCUT2D eigenvalue weighted by Gasteiger charge is -2.37. The number of benzene rings is 1. The van der Waals surface area contributed by atoms with Crippen LogP contribution in [0.25, 0.3) is 0 Å². The van der Waals surface area contributed by atoms with Crippen molar-refractivity contribution in [3.8, 4) is 0 Å². The summed E-state index contributed by atoms with van der Waals surface area (Å²) < 4.78 is 91.9. The summed E-state index contributed by atoms with van der Waals surface area (Å²) in [5.41, 5.74) is -4.20. The van der Waals surface area contributed by atoms with Crippen LogP contribution in [0.3, 0.4) is 0 Å². The fourth-order valence-electron chi connectivity index (χ4n) is 2.67. The van der Waals surface area contributed by atoms with E-state index < -0.39 is 29.9 Å². The predicted molar refractivity (Wildman–Crippen MR) is 83.5 cm³/mol. The summed E-state index contributed by atoms with van der Waals surface area (Å²) in [6, 6.07) is 5.16. The minimum Gasteiger partial charge on any atom is -0.406 e. The lowest BCUT2D eigenvalue weighted by atomic mass is 10.1. The van der Waals surface area contributed by atoms with E-state index in [1.165, 1.54) is 30.0 Å². The first-order chi connectivity index (χ1) is 12.6. The van der Waals surface area contributed by atoms with Crippen LogP contribution in [-0.4, -0.2) is 61.1 Å². The lowest BCUT2D eigenvalue weighted by molar-refractivity contribution is -0.293. The fraction of sp³-hybridized carbons (Fsp3) is 0.500. The molecule has 0 amide bonds. The molecule has 0 aliphatic carbocycles. The highest BCUT2D eigenvalue weighted by molar-refractivity contribution is 6.03. The zero-order valence-corrected chi connectivity index (χ0v) is 14.1. The van der Waals surface area contributed by atoms with Crippen LogP contribution in [0.5, 0.6) is 0 Å². The third-order valence-electron chi connectivity index (χ3n) is 4.16. The van der Waals surface area contributed by atoms with E-state index in [1.54, 1.807) is 6.07 Å². The van der Waals surface area contributed by atoms with E-state index in [-0.39, 0.29) is 31.9 Å². The Morgan fingerprint density at radius 1 is 0.963 bits per heavy atom. The van der Waals surface area contributed by atoms with Crippen molar-refractivity contribution >= 4 is 11.9 Å². The van der Waals surface area contributed by atoms with Gasteiger partial charge in [-0.15, -0.1) is 0 Å². The number of aliphatic imine (C=N–C) groups is 2. The highest BCUT2D eigenvalue weighted by Crippen LogP contribution is 2.49. The molecule has 148 valence electrons. The van der Waals surface area contributed by atoms with E-state index in [0.717, 1.165) is 0 Å². The van der Waals surface area contributed by atoms with Crippen molar-refractivity contribution in [2.75, 3.05) is 26.3 Å². The van der Waals surface area contributed by atoms with Crippen molar-refractivity contribution < 1.29 is 35.8 Å². The number of aryl methyl sites for hydroxylation is 1. The van der Waals surface area contributed by atoms with Gasteiger partial charge in [0.1, 0.15) is 0 Å². The second-order valence-corrected chi connectivity index (χ2v) is 6.00. The van der Waals surface area contributed by atoms with E-state index >= 15 is 0 Å². The van der Waals surface area contributed by atoms with Crippen molar-refractivity contribution in [1.82, 2.24) is 4.90 Å². The molecule has 3 rings (SSSR count). The molecule has 0 aromatic heterocycles. The molecule has 1 fully saturated rings. The molecule has 5 nitrogen and oxygen atoms in total. The standard InChI is InChI=1S/C16H15F6N3O2/c1-10-4-2-3-5-11(10)12-23-14(15(17,18)19,16(20,21)22)24-13(27-12)25-6-8-26-9-7-25/h2-5H,6-9H2,1H3. The minimum absolute atomic E-state index is 0.0241. The highest BCUT2D eigenvalue weighted by Gasteiger charge is 2.74. The molecule has 0 spiro atoms. The van der Waals surface area contributed by atoms with Gasteiger partial charge in [0, 0.05) is 18.7 Å². The normalized spacial score (nSPS) is 20.6. The molecule has 0 unspecified atom stereocenters. The Kier molecular flexibility index (Phi) is 4.83. The summed E-state index contributed by atoms with van der Waals surface area (Å²) >= 11 is 0. The van der Waals surface area contributed by atoms with E-state index in [1.807, 2.05) is 0 Å². The zero-order chi connectivity index (χ0) is 19.9. The molecule has 0 bridgehead atoms. The van der Waals surface area contributed by atoms with Gasteiger partial charge in [-0.2, -0.15) is 31.3 Å². The van der Waals surface area contributed by atoms with Crippen LogP contribution < -0.4 is 0 Å². The predicted octanol–water partition coefficient (Wildman–Crippen LogP) is 3.28. The van der Waals surface area contributed by atoms with Gasteiger partial charge in [-0.25, -0.2) is 4.99 Å². The number of halogens is 6. The van der Waals surface area contributed by atoms with Gasteiger partial charge < -0.3 is 14.4 Å². The summed E-state index contributed by atoms with van der Waals surface area (Å²) in [6.45, 7) is 1.89. The number of hydrogen-bond donors (Lipinski definition) is 0. The molecule has 2 heterocycles. The molecule has 1 aromatic rings. The summed E-state index contributed by atoms with van der Waals surface area (Å²) in [6.07, 6.45) is -11.6. The van der Waals surface area contributed by atoms with Gasteiger partial charge in [-0.3, -0.25) is 0 Å². The average Bonchev–Trinajstić information content (AvgIpc) is 2.60. The molecule has 0 atom stereocenters. The second-order valence-electron chi connectivity index (χ2n) is 6.00. The molecule has 2 aliphatic heterocycles. The maximum Gasteiger partial charge on any atom is 0.443 e. The molecule has 0 radical (unpaired) electrons. The van der Waals surface area contributed by atoms with Crippen LogP contribution in [0.1, 0.15) is 11.1 Å². The van der Waals surface area contributed by atoms with Gasteiger partial charge in [-0.1, -0.05) is 18.2 Å². The average molecular weight is 395 g/mol. The molecule has 1 aromatic carbocycles. The quantitative estimate of drug-likeness (QED) is 0.686. The topological polar surface area (TPSA) is 46.4 Å². The molecule has 27 heavy (non-hydrogen) atoms. The largest absolute Gasteiger partial charge is 0.443 e. The lowest BCUT2D eigenvalue weighted by Crippen LogP contribution is -2.58. The number of morpholine rings is 1. The minimum atomic E-state index is -5.81. The number of alkyl halides is 6. The van der Waals surface area contributed by atoms with Gasteiger partial charge in [0.2, 0.25) is 5.90 Å². The van der Waals surface area contributed by atoms with E-state index in [4.69, 9.17) is 9.47 Å². The zero-order valence-electron chi connectivity index (χ0n) is 14.1. The first-order valence-corrected chi connectivity index (χ1v) is 7.95. The maximum atomic E-state index is 13.6. The summed E-state index contributed by atoms with van der Waals surface area (Å²) in [7, 11) is 0. The van der Waals surface area contributed by atoms with Crippen LogP contribution in [0.2, 0.25) is 0 Å². The van der Waals surface area contributed by atoms with Crippen LogP contribution in [0.15, 0.2) is 34.3 Å². The third-order valence-corrected chi connectivity index (χ3v) is 4.16. The Morgan fingerprint density at radius 3 is 2.11 bits per heavy atom.